The lowest BCUT2D eigenvalue weighted by atomic mass is 10.2. The van der Waals surface area contributed by atoms with Crippen LogP contribution in [0.5, 0.6) is 0 Å². The second-order valence-electron chi connectivity index (χ2n) is 3.70. The molecule has 1 aliphatic rings. The highest BCUT2D eigenvalue weighted by Crippen LogP contribution is 2.10. The Morgan fingerprint density at radius 1 is 1.69 bits per heavy atom. The van der Waals surface area contributed by atoms with E-state index in [0.29, 0.717) is 19.4 Å². The maximum atomic E-state index is 11.5. The summed E-state index contributed by atoms with van der Waals surface area (Å²) < 4.78 is 0. The van der Waals surface area contributed by atoms with E-state index in [2.05, 4.69) is 10.5 Å². The molecule has 0 aromatic carbocycles. The van der Waals surface area contributed by atoms with E-state index in [-0.39, 0.29) is 24.1 Å². The largest absolute Gasteiger partial charge is 0.409 e. The molecule has 1 heterocycles. The first-order chi connectivity index (χ1) is 7.56. The Morgan fingerprint density at radius 2 is 2.38 bits per heavy atom. The summed E-state index contributed by atoms with van der Waals surface area (Å²) in [4.78, 5) is 23.8. The maximum Gasteiger partial charge on any atom is 0.246 e. The third-order valence-electron chi connectivity index (χ3n) is 2.51. The molecule has 4 N–H and O–H groups in total. The van der Waals surface area contributed by atoms with Crippen molar-refractivity contribution in [2.24, 2.45) is 10.9 Å². The standard InChI is InChI=1S/C9H16N4O3/c1-13-8(14)5-6(9(13)15)11-4-2-3-7(10)12-16/h6,11,16H,2-5H2,1H3,(H2,10,12). The van der Waals surface area contributed by atoms with Crippen LogP contribution >= 0.6 is 0 Å². The third-order valence-corrected chi connectivity index (χ3v) is 2.51. The molecule has 7 heteroatoms. The number of oxime groups is 1. The summed E-state index contributed by atoms with van der Waals surface area (Å²) in [5.41, 5.74) is 5.28. The number of hydrogen-bond donors (Lipinski definition) is 3. The minimum absolute atomic E-state index is 0.160. The Morgan fingerprint density at radius 3 is 2.88 bits per heavy atom. The van der Waals surface area contributed by atoms with Gasteiger partial charge in [0.15, 0.2) is 0 Å². The summed E-state index contributed by atoms with van der Waals surface area (Å²) in [5.74, 6) is -0.208. The van der Waals surface area contributed by atoms with Gasteiger partial charge in [0.2, 0.25) is 11.8 Å². The predicted molar refractivity (Wildman–Crippen MR) is 56.8 cm³/mol. The van der Waals surface area contributed by atoms with Crippen LogP contribution in [0.4, 0.5) is 0 Å². The number of carbonyl (C=O) groups is 2. The van der Waals surface area contributed by atoms with Crippen LogP contribution in [0.1, 0.15) is 19.3 Å². The van der Waals surface area contributed by atoms with Crippen molar-refractivity contribution in [3.63, 3.8) is 0 Å². The molecule has 0 aromatic heterocycles. The molecule has 1 saturated heterocycles. The fourth-order valence-electron chi connectivity index (χ4n) is 1.51. The summed E-state index contributed by atoms with van der Waals surface area (Å²) in [6, 6.07) is -0.426. The van der Waals surface area contributed by atoms with Gasteiger partial charge in [-0.2, -0.15) is 0 Å². The van der Waals surface area contributed by atoms with Gasteiger partial charge < -0.3 is 16.3 Å². The molecule has 1 aliphatic heterocycles. The van der Waals surface area contributed by atoms with E-state index in [1.165, 1.54) is 7.05 Å². The molecule has 0 bridgehead atoms. The fraction of sp³-hybridized carbons (Fsp3) is 0.667. The average Bonchev–Trinajstić information content (AvgIpc) is 2.52. The van der Waals surface area contributed by atoms with E-state index < -0.39 is 6.04 Å². The van der Waals surface area contributed by atoms with Gasteiger partial charge >= 0.3 is 0 Å². The summed E-state index contributed by atoms with van der Waals surface area (Å²) >= 11 is 0. The van der Waals surface area contributed by atoms with Crippen LogP contribution in [0.2, 0.25) is 0 Å². The van der Waals surface area contributed by atoms with E-state index >= 15 is 0 Å². The first-order valence-electron chi connectivity index (χ1n) is 5.06. The van der Waals surface area contributed by atoms with E-state index in [1.54, 1.807) is 0 Å². The van der Waals surface area contributed by atoms with Crippen molar-refractivity contribution in [3.8, 4) is 0 Å². The number of amides is 2. The van der Waals surface area contributed by atoms with Crippen molar-refractivity contribution in [1.29, 1.82) is 0 Å². The number of nitrogens with zero attached hydrogens (tertiary/aromatic N) is 2. The SMILES string of the molecule is CN1C(=O)CC(NCCCC(N)=NO)C1=O. The molecule has 0 aromatic rings. The zero-order valence-electron chi connectivity index (χ0n) is 9.14. The van der Waals surface area contributed by atoms with Gasteiger partial charge in [0.1, 0.15) is 5.84 Å². The molecule has 0 saturated carbocycles. The molecule has 1 fully saturated rings. The Hall–Kier alpha value is -1.63. The van der Waals surface area contributed by atoms with Crippen molar-refractivity contribution in [2.45, 2.75) is 25.3 Å². The number of imide groups is 1. The van der Waals surface area contributed by atoms with Crippen molar-refractivity contribution < 1.29 is 14.8 Å². The molecule has 1 rings (SSSR count). The van der Waals surface area contributed by atoms with Crippen LogP contribution in [0.25, 0.3) is 0 Å². The van der Waals surface area contributed by atoms with Crippen LogP contribution in [-0.2, 0) is 9.59 Å². The number of likely N-dealkylation sites (tertiary alicyclic amines) is 1. The van der Waals surface area contributed by atoms with Crippen LogP contribution in [0, 0.1) is 0 Å². The topological polar surface area (TPSA) is 108 Å². The molecular weight excluding hydrogens is 212 g/mol. The number of nitrogens with one attached hydrogen (secondary N) is 1. The Bertz CT molecular complexity index is 316. The Balaban J connectivity index is 2.24. The number of hydrogen-bond acceptors (Lipinski definition) is 5. The predicted octanol–water partition coefficient (Wildman–Crippen LogP) is -1.14. The van der Waals surface area contributed by atoms with Crippen molar-refractivity contribution in [1.82, 2.24) is 10.2 Å². The van der Waals surface area contributed by atoms with Crippen LogP contribution in [0.3, 0.4) is 0 Å². The molecule has 7 nitrogen and oxygen atoms in total. The molecule has 1 unspecified atom stereocenters. The Labute approximate surface area is 93.3 Å². The highest BCUT2D eigenvalue weighted by molar-refractivity contribution is 6.05. The van der Waals surface area contributed by atoms with Gasteiger partial charge in [-0.1, -0.05) is 5.16 Å². The van der Waals surface area contributed by atoms with Gasteiger partial charge in [0.25, 0.3) is 0 Å². The highest BCUT2D eigenvalue weighted by Gasteiger charge is 2.35. The molecule has 2 amide bonds. The number of nitrogens with two attached hydrogens (primary N) is 1. The van der Waals surface area contributed by atoms with Gasteiger partial charge in [-0.15, -0.1) is 0 Å². The zero-order valence-corrected chi connectivity index (χ0v) is 9.14. The van der Waals surface area contributed by atoms with Gasteiger partial charge in [0, 0.05) is 13.5 Å². The second kappa shape index (κ2) is 5.45. The van der Waals surface area contributed by atoms with Crippen molar-refractivity contribution in [2.75, 3.05) is 13.6 Å². The van der Waals surface area contributed by atoms with Crippen LogP contribution in [0.15, 0.2) is 5.16 Å². The lowest BCUT2D eigenvalue weighted by Crippen LogP contribution is -2.37. The molecule has 90 valence electrons. The highest BCUT2D eigenvalue weighted by atomic mass is 16.4. The first-order valence-corrected chi connectivity index (χ1v) is 5.06. The van der Waals surface area contributed by atoms with E-state index in [9.17, 15) is 9.59 Å². The molecular formula is C9H16N4O3. The summed E-state index contributed by atoms with van der Waals surface area (Å²) in [5, 5.41) is 14.1. The lowest BCUT2D eigenvalue weighted by molar-refractivity contribution is -0.137. The number of likely N-dealkylation sites (N-methyl/N-ethyl adjacent to an activating group) is 1. The summed E-state index contributed by atoms with van der Waals surface area (Å²) in [7, 11) is 1.47. The van der Waals surface area contributed by atoms with E-state index in [0.717, 1.165) is 4.90 Å². The summed E-state index contributed by atoms with van der Waals surface area (Å²) in [6.45, 7) is 0.549. The molecule has 0 aliphatic carbocycles. The number of carbonyl (C=O) groups excluding carboxylic acids is 2. The van der Waals surface area contributed by atoms with Gasteiger partial charge in [-0.3, -0.25) is 14.5 Å². The Kier molecular flexibility index (Phi) is 4.24. The number of rotatable bonds is 5. The van der Waals surface area contributed by atoms with Crippen LogP contribution in [-0.4, -0.2) is 47.4 Å². The minimum Gasteiger partial charge on any atom is -0.409 e. The smallest absolute Gasteiger partial charge is 0.246 e. The maximum absolute atomic E-state index is 11.5. The number of amidine groups is 1. The molecule has 16 heavy (non-hydrogen) atoms. The quantitative estimate of drug-likeness (QED) is 0.138. The minimum atomic E-state index is -0.426. The molecule has 0 radical (unpaired) electrons. The van der Waals surface area contributed by atoms with E-state index in [4.69, 9.17) is 10.9 Å². The molecule has 0 spiro atoms. The third kappa shape index (κ3) is 2.93. The lowest BCUT2D eigenvalue weighted by Gasteiger charge is -2.10. The van der Waals surface area contributed by atoms with Crippen LogP contribution < -0.4 is 11.1 Å². The van der Waals surface area contributed by atoms with Crippen molar-refractivity contribution >= 4 is 17.6 Å². The molecule has 1 atom stereocenters. The first kappa shape index (κ1) is 12.4. The van der Waals surface area contributed by atoms with Gasteiger partial charge in [-0.25, -0.2) is 0 Å². The van der Waals surface area contributed by atoms with Gasteiger partial charge in [0.05, 0.1) is 12.5 Å². The normalized spacial score (nSPS) is 21.9. The van der Waals surface area contributed by atoms with E-state index in [1.807, 2.05) is 0 Å². The monoisotopic (exact) mass is 228 g/mol. The fourth-order valence-corrected chi connectivity index (χ4v) is 1.51. The average molecular weight is 228 g/mol. The van der Waals surface area contributed by atoms with Gasteiger partial charge in [-0.05, 0) is 13.0 Å². The second-order valence-corrected chi connectivity index (χ2v) is 3.70. The summed E-state index contributed by atoms with van der Waals surface area (Å²) in [6.07, 6.45) is 1.31. The van der Waals surface area contributed by atoms with Crippen molar-refractivity contribution in [3.05, 3.63) is 0 Å². The zero-order chi connectivity index (χ0) is 12.1.